The van der Waals surface area contributed by atoms with Gasteiger partial charge in [0.2, 0.25) is 0 Å². The summed E-state index contributed by atoms with van der Waals surface area (Å²) in [6.07, 6.45) is 0. The van der Waals surface area contributed by atoms with Gasteiger partial charge in [-0.15, -0.1) is 0 Å². The van der Waals surface area contributed by atoms with E-state index in [2.05, 4.69) is 0 Å². The Morgan fingerprint density at radius 1 is 0.964 bits per heavy atom. The van der Waals surface area contributed by atoms with Crippen LogP contribution in [0.4, 0.5) is 10.1 Å². The van der Waals surface area contributed by atoms with E-state index in [1.807, 2.05) is 30.3 Å². The molecule has 0 spiro atoms. The summed E-state index contributed by atoms with van der Waals surface area (Å²) in [6.45, 7) is 0.416. The van der Waals surface area contributed by atoms with Crippen LogP contribution in [0.1, 0.15) is 5.56 Å². The highest BCUT2D eigenvalue weighted by atomic mass is 32.2. The first kappa shape index (κ1) is 19.7. The molecule has 0 saturated carbocycles. The summed E-state index contributed by atoms with van der Waals surface area (Å²) in [6, 6.07) is 19.9. The van der Waals surface area contributed by atoms with Gasteiger partial charge in [-0.2, -0.15) is 0 Å². The average molecular weight is 401 g/mol. The number of hydrogen-bond acceptors (Lipinski definition) is 4. The Bertz CT molecular complexity index is 1040. The second-order valence-corrected chi connectivity index (χ2v) is 8.01. The first-order valence-electron chi connectivity index (χ1n) is 8.51. The number of methoxy groups -OCH3 is 1. The van der Waals surface area contributed by atoms with E-state index in [1.165, 1.54) is 26.3 Å². The lowest BCUT2D eigenvalue weighted by molar-refractivity contribution is 0.306. The van der Waals surface area contributed by atoms with Crippen molar-refractivity contribution in [2.24, 2.45) is 0 Å². The van der Waals surface area contributed by atoms with Gasteiger partial charge in [0.1, 0.15) is 12.4 Å². The monoisotopic (exact) mass is 401 g/mol. The Hall–Kier alpha value is -3.06. The van der Waals surface area contributed by atoms with Gasteiger partial charge in [-0.05, 0) is 48.0 Å². The summed E-state index contributed by atoms with van der Waals surface area (Å²) in [4.78, 5) is -0.155. The Morgan fingerprint density at radius 3 is 2.25 bits per heavy atom. The number of rotatable bonds is 7. The van der Waals surface area contributed by atoms with Gasteiger partial charge in [0.25, 0.3) is 10.0 Å². The summed E-state index contributed by atoms with van der Waals surface area (Å²) in [5.74, 6) is -0.128. The van der Waals surface area contributed by atoms with E-state index in [1.54, 1.807) is 24.3 Å². The fraction of sp³-hybridized carbons (Fsp3) is 0.143. The van der Waals surface area contributed by atoms with Crippen LogP contribution in [0.3, 0.4) is 0 Å². The quantitative estimate of drug-likeness (QED) is 0.594. The lowest BCUT2D eigenvalue weighted by Crippen LogP contribution is -2.26. The molecule has 0 unspecified atom stereocenters. The zero-order valence-electron chi connectivity index (χ0n) is 15.5. The van der Waals surface area contributed by atoms with Crippen LogP contribution < -0.4 is 13.8 Å². The highest BCUT2D eigenvalue weighted by Crippen LogP contribution is 2.27. The van der Waals surface area contributed by atoms with Crippen LogP contribution in [-0.2, 0) is 16.6 Å². The molecule has 0 heterocycles. The Balaban J connectivity index is 1.74. The van der Waals surface area contributed by atoms with Gasteiger partial charge < -0.3 is 9.47 Å². The van der Waals surface area contributed by atoms with E-state index in [0.717, 1.165) is 15.9 Å². The molecule has 0 saturated heterocycles. The van der Waals surface area contributed by atoms with Gasteiger partial charge >= 0.3 is 0 Å². The number of sulfonamides is 1. The molecule has 0 N–H and O–H groups in total. The molecule has 0 aliphatic carbocycles. The van der Waals surface area contributed by atoms with Crippen molar-refractivity contribution in [1.82, 2.24) is 0 Å². The number of ether oxygens (including phenoxy) is 2. The zero-order valence-corrected chi connectivity index (χ0v) is 16.3. The summed E-state index contributed by atoms with van der Waals surface area (Å²) in [7, 11) is -1.18. The van der Waals surface area contributed by atoms with E-state index < -0.39 is 15.8 Å². The van der Waals surface area contributed by atoms with E-state index in [-0.39, 0.29) is 10.6 Å². The first-order valence-corrected chi connectivity index (χ1v) is 9.95. The Labute approximate surface area is 164 Å². The number of nitrogens with zero attached hydrogens (tertiary/aromatic N) is 1. The normalized spacial score (nSPS) is 11.1. The average Bonchev–Trinajstić information content (AvgIpc) is 2.72. The molecule has 0 aliphatic heterocycles. The van der Waals surface area contributed by atoms with Crippen molar-refractivity contribution in [2.75, 3.05) is 18.5 Å². The highest BCUT2D eigenvalue weighted by Gasteiger charge is 2.23. The summed E-state index contributed by atoms with van der Waals surface area (Å²) >= 11 is 0. The van der Waals surface area contributed by atoms with Crippen molar-refractivity contribution in [1.29, 1.82) is 0 Å². The SMILES string of the molecule is COc1ccc(S(=O)(=O)N(C)c2ccc(OCc3ccccc3)cc2)cc1F. The smallest absolute Gasteiger partial charge is 0.264 e. The van der Waals surface area contributed by atoms with Crippen LogP contribution in [0.25, 0.3) is 0 Å². The topological polar surface area (TPSA) is 55.8 Å². The standard InChI is InChI=1S/C21H20FNO4S/c1-23(28(24,25)19-12-13-21(26-2)20(22)14-19)17-8-10-18(11-9-17)27-15-16-6-4-3-5-7-16/h3-14H,15H2,1-2H3. The molecule has 0 amide bonds. The van der Waals surface area contributed by atoms with Gasteiger partial charge in [-0.1, -0.05) is 30.3 Å². The highest BCUT2D eigenvalue weighted by molar-refractivity contribution is 7.92. The Morgan fingerprint density at radius 2 is 1.64 bits per heavy atom. The lowest BCUT2D eigenvalue weighted by atomic mass is 10.2. The van der Waals surface area contributed by atoms with Crippen molar-refractivity contribution in [3.05, 3.63) is 84.2 Å². The molecule has 0 aromatic heterocycles. The van der Waals surface area contributed by atoms with Crippen LogP contribution in [0.2, 0.25) is 0 Å². The molecular weight excluding hydrogens is 381 g/mol. The maximum absolute atomic E-state index is 13.9. The van der Waals surface area contributed by atoms with Crippen molar-refractivity contribution >= 4 is 15.7 Å². The number of hydrogen-bond donors (Lipinski definition) is 0. The third kappa shape index (κ3) is 4.26. The van der Waals surface area contributed by atoms with Crippen molar-refractivity contribution in [3.8, 4) is 11.5 Å². The minimum atomic E-state index is -3.91. The molecule has 0 fully saturated rings. The molecule has 28 heavy (non-hydrogen) atoms. The summed E-state index contributed by atoms with van der Waals surface area (Å²) in [5, 5.41) is 0. The summed E-state index contributed by atoms with van der Waals surface area (Å²) in [5.41, 5.74) is 1.47. The van der Waals surface area contributed by atoms with Gasteiger partial charge in [0.05, 0.1) is 17.7 Å². The molecule has 0 radical (unpaired) electrons. The largest absolute Gasteiger partial charge is 0.494 e. The Kier molecular flexibility index (Phi) is 5.84. The maximum atomic E-state index is 13.9. The van der Waals surface area contributed by atoms with Crippen LogP contribution in [0.15, 0.2) is 77.7 Å². The van der Waals surface area contributed by atoms with E-state index in [9.17, 15) is 12.8 Å². The zero-order chi connectivity index (χ0) is 20.1. The predicted octanol–water partition coefficient (Wildman–Crippen LogP) is 4.24. The minimum Gasteiger partial charge on any atom is -0.494 e. The molecule has 5 nitrogen and oxygen atoms in total. The second kappa shape index (κ2) is 8.31. The second-order valence-electron chi connectivity index (χ2n) is 6.04. The van der Waals surface area contributed by atoms with E-state index in [0.29, 0.717) is 18.0 Å². The molecule has 7 heteroatoms. The number of anilines is 1. The van der Waals surface area contributed by atoms with Crippen LogP contribution in [-0.4, -0.2) is 22.6 Å². The number of benzene rings is 3. The minimum absolute atomic E-state index is 0.0125. The van der Waals surface area contributed by atoms with Gasteiger partial charge in [-0.25, -0.2) is 12.8 Å². The predicted molar refractivity (Wildman–Crippen MR) is 106 cm³/mol. The molecule has 0 atom stereocenters. The molecule has 0 aliphatic rings. The lowest BCUT2D eigenvalue weighted by Gasteiger charge is -2.20. The molecular formula is C21H20FNO4S. The van der Waals surface area contributed by atoms with Gasteiger partial charge in [0.15, 0.2) is 11.6 Å². The van der Waals surface area contributed by atoms with Crippen LogP contribution >= 0.6 is 0 Å². The fourth-order valence-electron chi connectivity index (χ4n) is 2.60. The fourth-order valence-corrected chi connectivity index (χ4v) is 3.81. The van der Waals surface area contributed by atoms with Crippen molar-refractivity contribution < 1.29 is 22.3 Å². The van der Waals surface area contributed by atoms with Crippen molar-refractivity contribution in [2.45, 2.75) is 11.5 Å². The third-order valence-corrected chi connectivity index (χ3v) is 6.01. The molecule has 3 aromatic carbocycles. The van der Waals surface area contributed by atoms with Gasteiger partial charge in [0, 0.05) is 7.05 Å². The van der Waals surface area contributed by atoms with E-state index in [4.69, 9.17) is 9.47 Å². The third-order valence-electron chi connectivity index (χ3n) is 4.23. The molecule has 3 aromatic rings. The van der Waals surface area contributed by atoms with E-state index >= 15 is 0 Å². The molecule has 0 bridgehead atoms. The van der Waals surface area contributed by atoms with Crippen LogP contribution in [0.5, 0.6) is 11.5 Å². The maximum Gasteiger partial charge on any atom is 0.264 e. The van der Waals surface area contributed by atoms with Gasteiger partial charge in [-0.3, -0.25) is 4.31 Å². The van der Waals surface area contributed by atoms with Crippen molar-refractivity contribution in [3.63, 3.8) is 0 Å². The summed E-state index contributed by atoms with van der Waals surface area (Å²) < 4.78 is 51.1. The first-order chi connectivity index (χ1) is 13.4. The van der Waals surface area contributed by atoms with Crippen LogP contribution in [0, 0.1) is 5.82 Å². The number of halogens is 1. The molecule has 146 valence electrons. The molecule has 3 rings (SSSR count).